The molecule has 0 spiro atoms. The van der Waals surface area contributed by atoms with Crippen molar-refractivity contribution in [3.8, 4) is 17.5 Å². The van der Waals surface area contributed by atoms with Crippen LogP contribution in [0, 0.1) is 11.3 Å². The van der Waals surface area contributed by atoms with Crippen LogP contribution >= 0.6 is 12.2 Å². The van der Waals surface area contributed by atoms with Crippen LogP contribution < -0.4 is 5.73 Å². The third kappa shape index (κ3) is 3.43. The standard InChI is InChI=1S/C14H11N5S/c15-8-12(13(16)20)19-9-10-2-4-11(5-3-10)14-17-6-1-7-18-14/h1-7H,9H2,(H2,16,20). The molecule has 20 heavy (non-hydrogen) atoms. The average molecular weight is 281 g/mol. The van der Waals surface area contributed by atoms with Crippen LogP contribution in [0.2, 0.25) is 0 Å². The summed E-state index contributed by atoms with van der Waals surface area (Å²) >= 11 is 4.72. The number of aromatic nitrogens is 2. The molecule has 0 aliphatic carbocycles. The largest absolute Gasteiger partial charge is 0.388 e. The lowest BCUT2D eigenvalue weighted by molar-refractivity contribution is 1.07. The quantitative estimate of drug-likeness (QED) is 0.683. The molecule has 1 aromatic carbocycles. The maximum absolute atomic E-state index is 8.80. The summed E-state index contributed by atoms with van der Waals surface area (Å²) in [5, 5.41) is 8.80. The highest BCUT2D eigenvalue weighted by atomic mass is 32.1. The zero-order valence-electron chi connectivity index (χ0n) is 10.5. The molecule has 0 atom stereocenters. The highest BCUT2D eigenvalue weighted by Gasteiger charge is 2.02. The Morgan fingerprint density at radius 3 is 2.45 bits per heavy atom. The summed E-state index contributed by atoms with van der Waals surface area (Å²) in [7, 11) is 0. The van der Waals surface area contributed by atoms with Crippen LogP contribution in [0.5, 0.6) is 0 Å². The third-order valence-corrected chi connectivity index (χ3v) is 2.73. The Morgan fingerprint density at radius 1 is 1.25 bits per heavy atom. The van der Waals surface area contributed by atoms with E-state index in [2.05, 4.69) is 15.0 Å². The zero-order valence-corrected chi connectivity index (χ0v) is 11.3. The van der Waals surface area contributed by atoms with Gasteiger partial charge in [0, 0.05) is 18.0 Å². The van der Waals surface area contributed by atoms with E-state index in [1.54, 1.807) is 18.5 Å². The number of benzene rings is 1. The molecule has 0 bridgehead atoms. The molecule has 5 nitrogen and oxygen atoms in total. The molecule has 2 aromatic rings. The number of thiocarbonyl (C=S) groups is 1. The molecule has 6 heteroatoms. The summed E-state index contributed by atoms with van der Waals surface area (Å²) < 4.78 is 0. The third-order valence-electron chi connectivity index (χ3n) is 2.54. The molecule has 0 unspecified atom stereocenters. The van der Waals surface area contributed by atoms with Crippen LogP contribution in [0.3, 0.4) is 0 Å². The molecular weight excluding hydrogens is 270 g/mol. The van der Waals surface area contributed by atoms with Crippen LogP contribution in [-0.2, 0) is 6.54 Å². The fourth-order valence-corrected chi connectivity index (χ4v) is 1.66. The number of nitrogens with zero attached hydrogens (tertiary/aromatic N) is 4. The Labute approximate surface area is 121 Å². The highest BCUT2D eigenvalue weighted by Crippen LogP contribution is 2.15. The van der Waals surface area contributed by atoms with E-state index in [4.69, 9.17) is 23.2 Å². The van der Waals surface area contributed by atoms with Gasteiger partial charge in [-0.3, -0.25) is 4.99 Å². The van der Waals surface area contributed by atoms with Gasteiger partial charge in [-0.25, -0.2) is 9.97 Å². The predicted molar refractivity (Wildman–Crippen MR) is 81.0 cm³/mol. The second-order valence-corrected chi connectivity index (χ2v) is 4.35. The van der Waals surface area contributed by atoms with Gasteiger partial charge in [-0.05, 0) is 11.6 Å². The summed E-state index contributed by atoms with van der Waals surface area (Å²) in [6.07, 6.45) is 3.39. The monoisotopic (exact) mass is 281 g/mol. The van der Waals surface area contributed by atoms with Gasteiger partial charge in [0.1, 0.15) is 11.1 Å². The summed E-state index contributed by atoms with van der Waals surface area (Å²) in [4.78, 5) is 12.4. The summed E-state index contributed by atoms with van der Waals surface area (Å²) in [5.41, 5.74) is 7.34. The minimum Gasteiger partial charge on any atom is -0.388 e. The van der Waals surface area contributed by atoms with Gasteiger partial charge >= 0.3 is 0 Å². The Hall–Kier alpha value is -2.65. The van der Waals surface area contributed by atoms with Gasteiger partial charge < -0.3 is 5.73 Å². The van der Waals surface area contributed by atoms with Crippen molar-refractivity contribution in [2.24, 2.45) is 10.7 Å². The second kappa shape index (κ2) is 6.50. The maximum Gasteiger partial charge on any atom is 0.170 e. The first kappa shape index (κ1) is 13.8. The minimum absolute atomic E-state index is 0.0156. The molecule has 0 saturated heterocycles. The zero-order chi connectivity index (χ0) is 14.4. The predicted octanol–water partition coefficient (Wildman–Crippen LogP) is 1.89. The minimum atomic E-state index is 0.0156. The molecule has 1 heterocycles. The van der Waals surface area contributed by atoms with E-state index in [0.717, 1.165) is 11.1 Å². The van der Waals surface area contributed by atoms with Gasteiger partial charge in [-0.15, -0.1) is 0 Å². The van der Waals surface area contributed by atoms with Crippen molar-refractivity contribution in [3.05, 3.63) is 48.3 Å². The molecule has 0 aliphatic heterocycles. The van der Waals surface area contributed by atoms with Crippen molar-refractivity contribution >= 4 is 22.9 Å². The first-order valence-electron chi connectivity index (χ1n) is 5.81. The number of aliphatic imine (C=N–C) groups is 1. The normalized spacial score (nSPS) is 10.8. The van der Waals surface area contributed by atoms with Gasteiger partial charge in [0.05, 0.1) is 6.54 Å². The lowest BCUT2D eigenvalue weighted by atomic mass is 10.1. The van der Waals surface area contributed by atoms with E-state index in [-0.39, 0.29) is 10.7 Å². The molecule has 98 valence electrons. The van der Waals surface area contributed by atoms with E-state index < -0.39 is 0 Å². The molecule has 0 amide bonds. The number of nitriles is 1. The van der Waals surface area contributed by atoms with E-state index >= 15 is 0 Å². The fourth-order valence-electron chi connectivity index (χ4n) is 1.55. The second-order valence-electron chi connectivity index (χ2n) is 3.91. The van der Waals surface area contributed by atoms with Crippen LogP contribution in [0.1, 0.15) is 5.56 Å². The first-order valence-corrected chi connectivity index (χ1v) is 6.22. The van der Waals surface area contributed by atoms with Crippen molar-refractivity contribution < 1.29 is 0 Å². The topological polar surface area (TPSA) is 88.0 Å². The summed E-state index contributed by atoms with van der Waals surface area (Å²) in [6, 6.07) is 11.3. The molecule has 0 aliphatic rings. The van der Waals surface area contributed by atoms with Gasteiger partial charge in [0.15, 0.2) is 11.5 Å². The van der Waals surface area contributed by atoms with Crippen LogP contribution in [0.15, 0.2) is 47.7 Å². The molecule has 0 fully saturated rings. The summed E-state index contributed by atoms with van der Waals surface area (Å²) in [5.74, 6) is 0.670. The molecule has 0 saturated carbocycles. The lowest BCUT2D eigenvalue weighted by Crippen LogP contribution is -2.19. The molecule has 1 aromatic heterocycles. The Kier molecular flexibility index (Phi) is 4.47. The van der Waals surface area contributed by atoms with Gasteiger partial charge in [0.2, 0.25) is 0 Å². The van der Waals surface area contributed by atoms with Crippen molar-refractivity contribution in [3.63, 3.8) is 0 Å². The van der Waals surface area contributed by atoms with Gasteiger partial charge in [-0.1, -0.05) is 36.5 Å². The number of nitrogens with two attached hydrogens (primary N) is 1. The van der Waals surface area contributed by atoms with Crippen LogP contribution in [0.25, 0.3) is 11.4 Å². The molecule has 2 N–H and O–H groups in total. The Bertz CT molecular complexity index is 671. The maximum atomic E-state index is 8.80. The smallest absolute Gasteiger partial charge is 0.170 e. The Balaban J connectivity index is 2.14. The van der Waals surface area contributed by atoms with Gasteiger partial charge in [0.25, 0.3) is 0 Å². The number of hydrogen-bond acceptors (Lipinski definition) is 5. The van der Waals surface area contributed by atoms with Crippen molar-refractivity contribution in [1.82, 2.24) is 9.97 Å². The highest BCUT2D eigenvalue weighted by molar-refractivity contribution is 7.82. The Morgan fingerprint density at radius 2 is 1.90 bits per heavy atom. The van der Waals surface area contributed by atoms with Gasteiger partial charge in [-0.2, -0.15) is 5.26 Å². The van der Waals surface area contributed by atoms with E-state index in [9.17, 15) is 0 Å². The van der Waals surface area contributed by atoms with E-state index in [1.807, 2.05) is 30.3 Å². The summed E-state index contributed by atoms with van der Waals surface area (Å²) in [6.45, 7) is 0.357. The number of hydrogen-bond donors (Lipinski definition) is 1. The SMILES string of the molecule is N#CC(=NCc1ccc(-c2ncccn2)cc1)C(N)=S. The number of rotatable bonds is 4. The fraction of sp³-hybridized carbons (Fsp3) is 0.0714. The first-order chi connectivity index (χ1) is 9.70. The lowest BCUT2D eigenvalue weighted by Gasteiger charge is -2.01. The van der Waals surface area contributed by atoms with Crippen LogP contribution in [-0.4, -0.2) is 20.7 Å². The average Bonchev–Trinajstić information content (AvgIpc) is 2.49. The van der Waals surface area contributed by atoms with E-state index in [0.29, 0.717) is 12.4 Å². The van der Waals surface area contributed by atoms with Crippen molar-refractivity contribution in [2.45, 2.75) is 6.54 Å². The van der Waals surface area contributed by atoms with Crippen LogP contribution in [0.4, 0.5) is 0 Å². The van der Waals surface area contributed by atoms with Crippen molar-refractivity contribution in [1.29, 1.82) is 5.26 Å². The van der Waals surface area contributed by atoms with E-state index in [1.165, 1.54) is 0 Å². The molecule has 2 rings (SSSR count). The molecular formula is C14H11N5S. The van der Waals surface area contributed by atoms with Crippen molar-refractivity contribution in [2.75, 3.05) is 0 Å². The molecule has 0 radical (unpaired) electrons.